The predicted molar refractivity (Wildman–Crippen MR) is 97.8 cm³/mol. The second kappa shape index (κ2) is 7.61. The molecule has 0 saturated carbocycles. The van der Waals surface area contributed by atoms with Crippen molar-refractivity contribution in [3.8, 4) is 6.07 Å². The Bertz CT molecular complexity index is 659. The number of carbonyl (C=O) groups excluding carboxylic acids is 1. The Labute approximate surface area is 151 Å². The lowest BCUT2D eigenvalue weighted by Gasteiger charge is -2.48. The van der Waals surface area contributed by atoms with Crippen LogP contribution >= 0.6 is 0 Å². The van der Waals surface area contributed by atoms with Crippen LogP contribution in [0.4, 0.5) is 0 Å². The molecule has 2 fully saturated rings. The zero-order valence-electron chi connectivity index (χ0n) is 15.6. The van der Waals surface area contributed by atoms with E-state index in [0.29, 0.717) is 12.3 Å². The molecule has 0 N–H and O–H groups in total. The molecule has 1 spiro atoms. The van der Waals surface area contributed by atoms with Crippen molar-refractivity contribution in [2.75, 3.05) is 26.2 Å². The van der Waals surface area contributed by atoms with Crippen LogP contribution in [0.1, 0.15) is 56.7 Å². The van der Waals surface area contributed by atoms with E-state index in [-0.39, 0.29) is 5.41 Å². The molecule has 136 valence electrons. The van der Waals surface area contributed by atoms with Crippen molar-refractivity contribution in [3.63, 3.8) is 0 Å². The number of amides is 1. The van der Waals surface area contributed by atoms with Crippen molar-refractivity contribution < 1.29 is 4.79 Å². The summed E-state index contributed by atoms with van der Waals surface area (Å²) in [7, 11) is 1.93. The standard InChI is InChI=1S/C20H30N4O/c1-3-4-10-24-16-20(8-6-19(24)25)7-5-9-23(15-20)14-17-11-18(12-21)22(2)13-17/h11,13H,3-10,14-16H2,1-2H3/t20-/m0/s1. The average Bonchev–Trinajstić information content (AvgIpc) is 2.95. The van der Waals surface area contributed by atoms with Crippen LogP contribution in [0.5, 0.6) is 0 Å². The fraction of sp³-hybridized carbons (Fsp3) is 0.700. The van der Waals surface area contributed by atoms with Gasteiger partial charge in [0.25, 0.3) is 0 Å². The zero-order valence-corrected chi connectivity index (χ0v) is 15.6. The molecule has 1 atom stereocenters. The summed E-state index contributed by atoms with van der Waals surface area (Å²) in [6, 6.07) is 4.24. The second-order valence-electron chi connectivity index (χ2n) is 7.94. The van der Waals surface area contributed by atoms with Crippen molar-refractivity contribution in [1.29, 1.82) is 5.26 Å². The Hall–Kier alpha value is -1.80. The van der Waals surface area contributed by atoms with Gasteiger partial charge in [-0.05, 0) is 43.9 Å². The fourth-order valence-electron chi connectivity index (χ4n) is 4.52. The molecule has 2 saturated heterocycles. The number of likely N-dealkylation sites (tertiary alicyclic amines) is 2. The van der Waals surface area contributed by atoms with Gasteiger partial charge in [-0.3, -0.25) is 9.69 Å². The van der Waals surface area contributed by atoms with Crippen LogP contribution in [0.2, 0.25) is 0 Å². The Morgan fingerprint density at radius 3 is 2.88 bits per heavy atom. The normalized spacial score (nSPS) is 24.7. The maximum Gasteiger partial charge on any atom is 0.222 e. The molecule has 0 bridgehead atoms. The summed E-state index contributed by atoms with van der Waals surface area (Å²) < 4.78 is 1.90. The monoisotopic (exact) mass is 342 g/mol. The molecule has 1 aromatic rings. The summed E-state index contributed by atoms with van der Waals surface area (Å²) >= 11 is 0. The quantitative estimate of drug-likeness (QED) is 0.827. The smallest absolute Gasteiger partial charge is 0.222 e. The Balaban J connectivity index is 1.65. The van der Waals surface area contributed by atoms with Gasteiger partial charge in [0.05, 0.1) is 0 Å². The van der Waals surface area contributed by atoms with E-state index in [1.165, 1.54) is 18.4 Å². The lowest BCUT2D eigenvalue weighted by Crippen LogP contribution is -2.53. The molecule has 1 amide bonds. The largest absolute Gasteiger partial charge is 0.342 e. The van der Waals surface area contributed by atoms with Crippen LogP contribution in [0.3, 0.4) is 0 Å². The molecule has 0 aliphatic carbocycles. The predicted octanol–water partition coefficient (Wildman–Crippen LogP) is 2.90. The number of aryl methyl sites for hydroxylation is 1. The van der Waals surface area contributed by atoms with E-state index in [1.54, 1.807) is 0 Å². The molecule has 0 radical (unpaired) electrons. The van der Waals surface area contributed by atoms with Crippen molar-refractivity contribution in [1.82, 2.24) is 14.4 Å². The van der Waals surface area contributed by atoms with E-state index in [1.807, 2.05) is 17.7 Å². The maximum atomic E-state index is 12.3. The molecule has 5 nitrogen and oxygen atoms in total. The van der Waals surface area contributed by atoms with Gasteiger partial charge < -0.3 is 9.47 Å². The molecule has 3 rings (SSSR count). The molecule has 25 heavy (non-hydrogen) atoms. The summed E-state index contributed by atoms with van der Waals surface area (Å²) in [4.78, 5) is 16.9. The third-order valence-corrected chi connectivity index (χ3v) is 5.85. The number of nitriles is 1. The summed E-state index contributed by atoms with van der Waals surface area (Å²) in [5.74, 6) is 0.345. The second-order valence-corrected chi connectivity index (χ2v) is 7.94. The van der Waals surface area contributed by atoms with Gasteiger partial charge in [0.1, 0.15) is 11.8 Å². The topological polar surface area (TPSA) is 52.3 Å². The Kier molecular flexibility index (Phi) is 5.48. The third-order valence-electron chi connectivity index (χ3n) is 5.85. The number of unbranched alkanes of at least 4 members (excludes halogenated alkanes) is 1. The highest BCUT2D eigenvalue weighted by Gasteiger charge is 2.41. The Morgan fingerprint density at radius 1 is 1.32 bits per heavy atom. The van der Waals surface area contributed by atoms with Crippen molar-refractivity contribution in [2.24, 2.45) is 12.5 Å². The fourth-order valence-corrected chi connectivity index (χ4v) is 4.52. The van der Waals surface area contributed by atoms with Crippen molar-refractivity contribution >= 4 is 5.91 Å². The van der Waals surface area contributed by atoms with E-state index < -0.39 is 0 Å². The van der Waals surface area contributed by atoms with Gasteiger partial charge in [-0.1, -0.05) is 13.3 Å². The van der Waals surface area contributed by atoms with Gasteiger partial charge in [-0.15, -0.1) is 0 Å². The number of hydrogen-bond donors (Lipinski definition) is 0. The van der Waals surface area contributed by atoms with Crippen LogP contribution in [-0.2, 0) is 18.4 Å². The highest BCUT2D eigenvalue weighted by atomic mass is 16.2. The van der Waals surface area contributed by atoms with Crippen LogP contribution in [0.15, 0.2) is 12.3 Å². The molecular weight excluding hydrogens is 312 g/mol. The van der Waals surface area contributed by atoms with Crippen LogP contribution < -0.4 is 0 Å². The highest BCUT2D eigenvalue weighted by Crippen LogP contribution is 2.39. The average molecular weight is 342 g/mol. The summed E-state index contributed by atoms with van der Waals surface area (Å²) in [5, 5.41) is 9.14. The number of aromatic nitrogens is 1. The molecule has 2 aliphatic heterocycles. The van der Waals surface area contributed by atoms with Crippen LogP contribution in [-0.4, -0.2) is 46.5 Å². The molecule has 0 aromatic carbocycles. The first-order valence-corrected chi connectivity index (χ1v) is 9.61. The first kappa shape index (κ1) is 18.0. The van der Waals surface area contributed by atoms with Crippen LogP contribution in [0.25, 0.3) is 0 Å². The van der Waals surface area contributed by atoms with Crippen molar-refractivity contribution in [3.05, 3.63) is 23.5 Å². The molecule has 0 unspecified atom stereocenters. The number of carbonyl (C=O) groups is 1. The van der Waals surface area contributed by atoms with Gasteiger partial charge in [-0.2, -0.15) is 5.26 Å². The van der Waals surface area contributed by atoms with Crippen LogP contribution in [0, 0.1) is 16.7 Å². The minimum atomic E-state index is 0.271. The molecule has 5 heteroatoms. The molecule has 1 aromatic heterocycles. The number of hydrogen-bond acceptors (Lipinski definition) is 3. The molecule has 3 heterocycles. The highest BCUT2D eigenvalue weighted by molar-refractivity contribution is 5.77. The first-order chi connectivity index (χ1) is 12.0. The molecular formula is C20H30N4O. The zero-order chi connectivity index (χ0) is 17.9. The number of rotatable bonds is 5. The maximum absolute atomic E-state index is 12.3. The van der Waals surface area contributed by atoms with E-state index in [2.05, 4.69) is 29.0 Å². The van der Waals surface area contributed by atoms with Gasteiger partial charge in [-0.25, -0.2) is 0 Å². The van der Waals surface area contributed by atoms with E-state index >= 15 is 0 Å². The van der Waals surface area contributed by atoms with E-state index in [9.17, 15) is 4.79 Å². The third kappa shape index (κ3) is 4.07. The van der Waals surface area contributed by atoms with E-state index in [4.69, 9.17) is 5.26 Å². The summed E-state index contributed by atoms with van der Waals surface area (Å²) in [5.41, 5.74) is 2.20. The number of piperidine rings is 2. The van der Waals surface area contributed by atoms with Gasteiger partial charge in [0, 0.05) is 51.3 Å². The summed E-state index contributed by atoms with van der Waals surface area (Å²) in [6.45, 7) is 7.12. The Morgan fingerprint density at radius 2 is 2.16 bits per heavy atom. The van der Waals surface area contributed by atoms with Gasteiger partial charge in [0.2, 0.25) is 5.91 Å². The first-order valence-electron chi connectivity index (χ1n) is 9.61. The lowest BCUT2D eigenvalue weighted by atomic mass is 9.73. The van der Waals surface area contributed by atoms with Crippen molar-refractivity contribution in [2.45, 2.75) is 52.0 Å². The van der Waals surface area contributed by atoms with E-state index in [0.717, 1.165) is 57.7 Å². The van der Waals surface area contributed by atoms with Gasteiger partial charge >= 0.3 is 0 Å². The number of nitrogens with zero attached hydrogens (tertiary/aromatic N) is 4. The summed E-state index contributed by atoms with van der Waals surface area (Å²) in [6.07, 6.45) is 8.48. The minimum Gasteiger partial charge on any atom is -0.342 e. The SMILES string of the molecule is CCCCN1C[C@@]2(CCCN(Cc3cc(C#N)n(C)c3)C2)CCC1=O. The minimum absolute atomic E-state index is 0.271. The molecule has 2 aliphatic rings. The van der Waals surface area contributed by atoms with Gasteiger partial charge in [0.15, 0.2) is 0 Å². The lowest BCUT2D eigenvalue weighted by molar-refractivity contribution is -0.139.